The SMILES string of the molecule is Cc1nn(C)c(N2CCN3CCCC3C2)c1CCl. The van der Waals surface area contributed by atoms with Gasteiger partial charge in [-0.1, -0.05) is 0 Å². The molecule has 3 heterocycles. The fourth-order valence-electron chi connectivity index (χ4n) is 3.43. The Morgan fingerprint density at radius 2 is 2.17 bits per heavy atom. The number of hydrogen-bond donors (Lipinski definition) is 0. The van der Waals surface area contributed by atoms with E-state index < -0.39 is 0 Å². The van der Waals surface area contributed by atoms with Crippen molar-refractivity contribution in [2.45, 2.75) is 31.7 Å². The molecule has 2 saturated heterocycles. The van der Waals surface area contributed by atoms with Crippen LogP contribution in [0, 0.1) is 6.92 Å². The number of alkyl halides is 1. The Morgan fingerprint density at radius 3 is 2.94 bits per heavy atom. The maximum absolute atomic E-state index is 6.09. The average molecular weight is 269 g/mol. The van der Waals surface area contributed by atoms with Crippen LogP contribution < -0.4 is 4.90 Å². The first-order chi connectivity index (χ1) is 8.70. The van der Waals surface area contributed by atoms with E-state index in [1.807, 2.05) is 18.7 Å². The molecule has 0 aromatic carbocycles. The zero-order chi connectivity index (χ0) is 12.7. The van der Waals surface area contributed by atoms with Gasteiger partial charge in [0, 0.05) is 38.3 Å². The van der Waals surface area contributed by atoms with Gasteiger partial charge in [-0.2, -0.15) is 5.10 Å². The second-order valence-electron chi connectivity index (χ2n) is 5.42. The third-order valence-electron chi connectivity index (χ3n) is 4.33. The summed E-state index contributed by atoms with van der Waals surface area (Å²) in [5.41, 5.74) is 2.27. The molecule has 18 heavy (non-hydrogen) atoms. The molecule has 2 aliphatic heterocycles. The molecule has 3 rings (SSSR count). The normalized spacial score (nSPS) is 24.6. The van der Waals surface area contributed by atoms with Gasteiger partial charge in [0.25, 0.3) is 0 Å². The van der Waals surface area contributed by atoms with Crippen molar-refractivity contribution < 1.29 is 0 Å². The molecule has 0 amide bonds. The fraction of sp³-hybridized carbons (Fsp3) is 0.769. The minimum absolute atomic E-state index is 0.555. The molecular weight excluding hydrogens is 248 g/mol. The lowest BCUT2D eigenvalue weighted by Gasteiger charge is -2.38. The molecule has 1 atom stereocenters. The van der Waals surface area contributed by atoms with E-state index >= 15 is 0 Å². The smallest absolute Gasteiger partial charge is 0.131 e. The minimum Gasteiger partial charge on any atom is -0.354 e. The molecule has 0 bridgehead atoms. The summed E-state index contributed by atoms with van der Waals surface area (Å²) in [4.78, 5) is 5.10. The summed E-state index contributed by atoms with van der Waals surface area (Å²) >= 11 is 6.09. The molecule has 100 valence electrons. The van der Waals surface area contributed by atoms with Crippen LogP contribution in [0.3, 0.4) is 0 Å². The second-order valence-corrected chi connectivity index (χ2v) is 5.69. The standard InChI is InChI=1S/C13H21ClN4/c1-10-12(8-14)13(16(2)15-10)18-7-6-17-5-3-4-11(17)9-18/h11H,3-9H2,1-2H3. The minimum atomic E-state index is 0.555. The average Bonchev–Trinajstić information content (AvgIpc) is 2.91. The third-order valence-corrected chi connectivity index (χ3v) is 4.60. The van der Waals surface area contributed by atoms with E-state index in [4.69, 9.17) is 11.6 Å². The Morgan fingerprint density at radius 1 is 1.33 bits per heavy atom. The molecule has 2 aliphatic rings. The molecule has 4 nitrogen and oxygen atoms in total. The van der Waals surface area contributed by atoms with Crippen molar-refractivity contribution in [3.8, 4) is 0 Å². The van der Waals surface area contributed by atoms with Gasteiger partial charge in [0.05, 0.1) is 11.6 Å². The quantitative estimate of drug-likeness (QED) is 0.764. The van der Waals surface area contributed by atoms with Crippen LogP contribution in [0.2, 0.25) is 0 Å². The summed E-state index contributed by atoms with van der Waals surface area (Å²) in [6.45, 7) is 6.73. The summed E-state index contributed by atoms with van der Waals surface area (Å²) in [6, 6.07) is 0.733. The van der Waals surface area contributed by atoms with E-state index in [-0.39, 0.29) is 0 Å². The highest BCUT2D eigenvalue weighted by Crippen LogP contribution is 2.29. The number of aryl methyl sites for hydroxylation is 2. The van der Waals surface area contributed by atoms with Gasteiger partial charge in [-0.05, 0) is 26.3 Å². The van der Waals surface area contributed by atoms with Crippen LogP contribution in [-0.4, -0.2) is 46.9 Å². The highest BCUT2D eigenvalue weighted by molar-refractivity contribution is 6.17. The van der Waals surface area contributed by atoms with Gasteiger partial charge in [-0.3, -0.25) is 9.58 Å². The van der Waals surface area contributed by atoms with Crippen molar-refractivity contribution in [2.24, 2.45) is 7.05 Å². The van der Waals surface area contributed by atoms with Crippen LogP contribution >= 0.6 is 11.6 Å². The van der Waals surface area contributed by atoms with Crippen LogP contribution in [0.25, 0.3) is 0 Å². The number of nitrogens with zero attached hydrogens (tertiary/aromatic N) is 4. The number of anilines is 1. The van der Waals surface area contributed by atoms with Crippen LogP contribution in [-0.2, 0) is 12.9 Å². The highest BCUT2D eigenvalue weighted by atomic mass is 35.5. The van der Waals surface area contributed by atoms with Gasteiger partial charge >= 0.3 is 0 Å². The van der Waals surface area contributed by atoms with Crippen LogP contribution in [0.1, 0.15) is 24.1 Å². The molecule has 0 aliphatic carbocycles. The Balaban J connectivity index is 1.86. The molecule has 1 unspecified atom stereocenters. The number of halogens is 1. The number of fused-ring (bicyclic) bond motifs is 1. The number of hydrogen-bond acceptors (Lipinski definition) is 3. The summed E-state index contributed by atoms with van der Waals surface area (Å²) in [5.74, 6) is 1.79. The second kappa shape index (κ2) is 4.74. The molecule has 0 radical (unpaired) electrons. The van der Waals surface area contributed by atoms with E-state index in [0.717, 1.165) is 24.8 Å². The topological polar surface area (TPSA) is 24.3 Å². The van der Waals surface area contributed by atoms with Crippen molar-refractivity contribution in [2.75, 3.05) is 31.1 Å². The summed E-state index contributed by atoms with van der Waals surface area (Å²) < 4.78 is 2.00. The van der Waals surface area contributed by atoms with Crippen LogP contribution in [0.5, 0.6) is 0 Å². The fourth-order valence-corrected chi connectivity index (χ4v) is 3.74. The van der Waals surface area contributed by atoms with E-state index in [1.54, 1.807) is 0 Å². The Bertz CT molecular complexity index is 442. The maximum atomic E-state index is 6.09. The molecule has 5 heteroatoms. The highest BCUT2D eigenvalue weighted by Gasteiger charge is 2.32. The maximum Gasteiger partial charge on any atom is 0.131 e. The van der Waals surface area contributed by atoms with Crippen molar-refractivity contribution >= 4 is 17.4 Å². The van der Waals surface area contributed by atoms with E-state index in [1.165, 1.54) is 37.3 Å². The lowest BCUT2D eigenvalue weighted by atomic mass is 10.1. The molecule has 0 spiro atoms. The summed E-state index contributed by atoms with van der Waals surface area (Å²) in [5, 5.41) is 4.52. The van der Waals surface area contributed by atoms with Gasteiger partial charge in [0.15, 0.2) is 0 Å². The number of piperazine rings is 1. The van der Waals surface area contributed by atoms with Gasteiger partial charge in [0.1, 0.15) is 5.82 Å². The first kappa shape index (κ1) is 12.3. The molecule has 1 aromatic rings. The Kier molecular flexibility index (Phi) is 3.24. The van der Waals surface area contributed by atoms with E-state index in [0.29, 0.717) is 5.88 Å². The van der Waals surface area contributed by atoms with Gasteiger partial charge in [0.2, 0.25) is 0 Å². The number of rotatable bonds is 2. The molecule has 0 saturated carbocycles. The summed E-state index contributed by atoms with van der Waals surface area (Å²) in [6.07, 6.45) is 2.69. The molecular formula is C13H21ClN4. The third kappa shape index (κ3) is 1.91. The van der Waals surface area contributed by atoms with Gasteiger partial charge in [-0.15, -0.1) is 11.6 Å². The summed E-state index contributed by atoms with van der Waals surface area (Å²) in [7, 11) is 2.03. The first-order valence-corrected chi connectivity index (χ1v) is 7.31. The van der Waals surface area contributed by atoms with Crippen molar-refractivity contribution in [3.63, 3.8) is 0 Å². The van der Waals surface area contributed by atoms with Crippen LogP contribution in [0.4, 0.5) is 5.82 Å². The molecule has 0 N–H and O–H groups in total. The van der Waals surface area contributed by atoms with Crippen molar-refractivity contribution in [1.29, 1.82) is 0 Å². The van der Waals surface area contributed by atoms with Crippen molar-refractivity contribution in [3.05, 3.63) is 11.3 Å². The van der Waals surface area contributed by atoms with E-state index in [9.17, 15) is 0 Å². The zero-order valence-corrected chi connectivity index (χ0v) is 11.9. The lowest BCUT2D eigenvalue weighted by molar-refractivity contribution is 0.229. The Hall–Kier alpha value is -0.740. The van der Waals surface area contributed by atoms with Gasteiger partial charge < -0.3 is 4.90 Å². The monoisotopic (exact) mass is 268 g/mol. The zero-order valence-electron chi connectivity index (χ0n) is 11.2. The Labute approximate surface area is 113 Å². The van der Waals surface area contributed by atoms with Crippen LogP contribution in [0.15, 0.2) is 0 Å². The lowest BCUT2D eigenvalue weighted by Crippen LogP contribution is -2.50. The largest absolute Gasteiger partial charge is 0.354 e. The predicted octanol–water partition coefficient (Wildman–Crippen LogP) is 1.75. The van der Waals surface area contributed by atoms with Gasteiger partial charge in [-0.25, -0.2) is 0 Å². The van der Waals surface area contributed by atoms with E-state index in [2.05, 4.69) is 14.9 Å². The molecule has 1 aromatic heterocycles. The number of aromatic nitrogens is 2. The molecule has 2 fully saturated rings. The first-order valence-electron chi connectivity index (χ1n) is 6.78. The predicted molar refractivity (Wildman–Crippen MR) is 74.3 cm³/mol. The van der Waals surface area contributed by atoms with Crippen molar-refractivity contribution in [1.82, 2.24) is 14.7 Å².